The van der Waals surface area contributed by atoms with Crippen molar-refractivity contribution in [2.24, 2.45) is 5.41 Å². The Hall–Kier alpha value is -2.15. The molecule has 1 aromatic heterocycles. The Morgan fingerprint density at radius 1 is 1.17 bits per heavy atom. The van der Waals surface area contributed by atoms with E-state index >= 15 is 0 Å². The molecule has 0 aliphatic heterocycles. The number of nitrogens with one attached hydrogen (secondary N) is 1. The molecule has 3 unspecified atom stereocenters. The summed E-state index contributed by atoms with van der Waals surface area (Å²) in [6, 6.07) is 9.10. The molecule has 0 fully saturated rings. The topological polar surface area (TPSA) is 67.2 Å². The van der Waals surface area contributed by atoms with Crippen LogP contribution in [-0.4, -0.2) is 48.5 Å². The average molecular weight is 578 g/mol. The van der Waals surface area contributed by atoms with Gasteiger partial charge in [-0.25, -0.2) is 0 Å². The van der Waals surface area contributed by atoms with E-state index in [1.54, 1.807) is 6.20 Å². The molecule has 1 heterocycles. The third-order valence-corrected chi connectivity index (χ3v) is 8.80. The van der Waals surface area contributed by atoms with E-state index in [1.165, 1.54) is 30.2 Å². The molecule has 0 saturated carbocycles. The van der Waals surface area contributed by atoms with E-state index in [4.69, 9.17) is 0 Å². The van der Waals surface area contributed by atoms with Gasteiger partial charge in [0.15, 0.2) is 0 Å². The first-order chi connectivity index (χ1) is 16.9. The van der Waals surface area contributed by atoms with Crippen LogP contribution in [0.3, 0.4) is 0 Å². The van der Waals surface area contributed by atoms with Gasteiger partial charge < -0.3 is 0 Å². The second kappa shape index (κ2) is 12.4. The van der Waals surface area contributed by atoms with Gasteiger partial charge in [-0.2, -0.15) is 0 Å². The van der Waals surface area contributed by atoms with Gasteiger partial charge in [0.2, 0.25) is 0 Å². The Morgan fingerprint density at radius 3 is 2.44 bits per heavy atom. The second-order valence-electron chi connectivity index (χ2n) is 10.3. The molecule has 36 heavy (non-hydrogen) atoms. The maximum atomic E-state index is 13.7. The van der Waals surface area contributed by atoms with Crippen molar-refractivity contribution in [2.75, 3.05) is 0 Å². The van der Waals surface area contributed by atoms with Gasteiger partial charge in [0.25, 0.3) is 0 Å². The predicted octanol–water partition coefficient (Wildman–Crippen LogP) is 4.49. The Labute approximate surface area is 223 Å². The summed E-state index contributed by atoms with van der Waals surface area (Å²) >= 11 is 3.82. The van der Waals surface area contributed by atoms with Crippen LogP contribution in [0.2, 0.25) is 5.21 Å². The van der Waals surface area contributed by atoms with Crippen molar-refractivity contribution < 1.29 is 18.7 Å². The number of aliphatic hydroxyl groups excluding tert-OH is 1. The number of nitrogens with zero attached hydrogens (tertiary/aromatic N) is 2. The summed E-state index contributed by atoms with van der Waals surface area (Å²) in [5.74, 6) is -1.66. The number of imidazole rings is 1. The molecule has 0 aliphatic rings. The number of carbonyl (C=O) groups excluding carboxylic acids is 1. The molecule has 0 spiro atoms. The molecule has 0 saturated heterocycles. The molecule has 3 rings (SSSR count). The van der Waals surface area contributed by atoms with Crippen molar-refractivity contribution in [3.63, 3.8) is 0 Å². The number of hydrogen-bond acceptors (Lipinski definition) is 4. The minimum atomic E-state index is -0.824. The molecule has 2 N–H and O–H groups in total. The van der Waals surface area contributed by atoms with Crippen molar-refractivity contribution in [3.8, 4) is 5.69 Å². The van der Waals surface area contributed by atoms with Crippen molar-refractivity contribution in [1.82, 2.24) is 14.9 Å². The van der Waals surface area contributed by atoms with Gasteiger partial charge in [0.05, 0.1) is 0 Å². The quantitative estimate of drug-likeness (QED) is 0.246. The number of aromatic nitrogens is 2. The summed E-state index contributed by atoms with van der Waals surface area (Å²) in [7, 11) is 0. The summed E-state index contributed by atoms with van der Waals surface area (Å²) < 4.78 is 29.3. The van der Waals surface area contributed by atoms with Crippen LogP contribution in [0.25, 0.3) is 5.69 Å². The van der Waals surface area contributed by atoms with E-state index in [1.807, 2.05) is 10.8 Å². The number of halogens is 2. The Kier molecular flexibility index (Phi) is 9.78. The third-order valence-electron chi connectivity index (χ3n) is 5.66. The van der Waals surface area contributed by atoms with Crippen LogP contribution in [-0.2, 0) is 22.8 Å². The van der Waals surface area contributed by atoms with Crippen LogP contribution in [0.5, 0.6) is 0 Å². The van der Waals surface area contributed by atoms with Crippen molar-refractivity contribution >= 4 is 34.3 Å². The van der Waals surface area contributed by atoms with E-state index in [0.717, 1.165) is 23.4 Å². The van der Waals surface area contributed by atoms with Gasteiger partial charge in [0.1, 0.15) is 0 Å². The molecule has 0 bridgehead atoms. The first-order valence-corrected chi connectivity index (χ1v) is 15.3. The van der Waals surface area contributed by atoms with Crippen LogP contribution in [0.15, 0.2) is 53.9 Å². The molecular weight excluding hydrogens is 543 g/mol. The number of amides is 1. The molecule has 194 valence electrons. The Balaban J connectivity index is 1.75. The van der Waals surface area contributed by atoms with Crippen LogP contribution in [0.4, 0.5) is 8.78 Å². The van der Waals surface area contributed by atoms with Gasteiger partial charge in [-0.15, -0.1) is 0 Å². The van der Waals surface area contributed by atoms with Crippen LogP contribution >= 0.6 is 12.6 Å². The number of carbonyl (C=O) groups is 1. The van der Waals surface area contributed by atoms with Gasteiger partial charge in [-0.1, -0.05) is 0 Å². The normalized spacial score (nSPS) is 13.8. The van der Waals surface area contributed by atoms with Gasteiger partial charge in [-0.3, -0.25) is 0 Å². The minimum absolute atomic E-state index is 0.145. The zero-order valence-electron chi connectivity index (χ0n) is 21.1. The molecule has 0 aliphatic carbocycles. The fourth-order valence-corrected chi connectivity index (χ4v) is 7.17. The molecule has 0 radical (unpaired) electrons. The zero-order chi connectivity index (χ0) is 26.5. The fourth-order valence-electron chi connectivity index (χ4n) is 4.25. The molecule has 2 aromatic carbocycles. The van der Waals surface area contributed by atoms with Crippen molar-refractivity contribution in [2.45, 2.75) is 68.3 Å². The summed E-state index contributed by atoms with van der Waals surface area (Å²) in [5.41, 5.74) is 3.97. The van der Waals surface area contributed by atoms with Crippen molar-refractivity contribution in [1.29, 1.82) is 0 Å². The van der Waals surface area contributed by atoms with E-state index < -0.39 is 39.5 Å². The van der Waals surface area contributed by atoms with E-state index in [9.17, 15) is 18.7 Å². The second-order valence-corrected chi connectivity index (χ2v) is 13.3. The maximum absolute atomic E-state index is 13.7. The fraction of sp³-hybridized carbons (Fsp3) is 0.407. The monoisotopic (exact) mass is 577 g/mol. The van der Waals surface area contributed by atoms with E-state index in [0.29, 0.717) is 15.9 Å². The third kappa shape index (κ3) is 8.46. The summed E-state index contributed by atoms with van der Waals surface area (Å²) in [6.45, 7) is 7.99. The molecule has 9 heteroatoms. The van der Waals surface area contributed by atoms with Crippen LogP contribution in [0, 0.1) is 17.0 Å². The van der Waals surface area contributed by atoms with E-state index in [2.05, 4.69) is 61.9 Å². The van der Waals surface area contributed by atoms with Gasteiger partial charge in [0, 0.05) is 0 Å². The van der Waals surface area contributed by atoms with Gasteiger partial charge >= 0.3 is 224 Å². The number of rotatable bonds is 10. The summed E-state index contributed by atoms with van der Waals surface area (Å²) in [4.78, 5) is 16.0. The van der Waals surface area contributed by atoms with Crippen LogP contribution in [0.1, 0.15) is 44.4 Å². The Morgan fingerprint density at radius 2 is 1.86 bits per heavy atom. The van der Waals surface area contributed by atoms with Crippen molar-refractivity contribution in [3.05, 3.63) is 77.1 Å². The SMILES string of the molecule is CC(=O)NC(Cc1cc(F)cc(F)c1)C(O)C[AsH]Cc1cc(CC(C)(C)C)ccc1-n1ccnc1S. The first-order valence-electron chi connectivity index (χ1n) is 11.9. The predicted molar refractivity (Wildman–Crippen MR) is 143 cm³/mol. The summed E-state index contributed by atoms with van der Waals surface area (Å²) in [5, 5.41) is 15.6. The standard InChI is InChI=1S/C27H34AsF2N3O2S/c1-17(34)32-23(12-19-10-21(29)13-22(30)11-19)25(35)16-28-15-20-9-18(14-27(2,3)4)5-6-24(20)33-8-7-31-26(33)36/h5-11,13,23,25,28,35H,12,14-16H2,1-4H3,(H,31,36)(H,32,34). The summed E-state index contributed by atoms with van der Waals surface area (Å²) in [6.07, 6.45) is 3.85. The van der Waals surface area contributed by atoms with Crippen LogP contribution < -0.4 is 5.32 Å². The molecule has 3 atom stereocenters. The first kappa shape index (κ1) is 28.4. The molecular formula is C27H34AsF2N3O2S. The Bertz CT molecular complexity index is 1180. The zero-order valence-corrected chi connectivity index (χ0v) is 24.0. The number of benzene rings is 2. The van der Waals surface area contributed by atoms with E-state index in [-0.39, 0.29) is 17.7 Å². The molecule has 3 aromatic rings. The number of thiol groups is 1. The van der Waals surface area contributed by atoms with Gasteiger partial charge in [-0.05, 0) is 0 Å². The average Bonchev–Trinajstić information content (AvgIpc) is 3.17. The number of aliphatic hydroxyl groups is 1. The number of hydrogen-bond donors (Lipinski definition) is 3. The molecule has 1 amide bonds. The molecule has 5 nitrogen and oxygen atoms in total.